The van der Waals surface area contributed by atoms with E-state index in [0.717, 1.165) is 44.4 Å². The summed E-state index contributed by atoms with van der Waals surface area (Å²) in [4.78, 5) is 16.1. The standard InChI is InChI=1S/C20H17ClN4S/c1-3-14-11-15-18(23-16-8-7-13(21)10-12(16)2)24-19(25-20(15)26-14)17-6-4-5-9-22-17/h4-11H,3H2,1-2H3,(H,23,24,25). The van der Waals surface area contributed by atoms with E-state index in [9.17, 15) is 0 Å². The van der Waals surface area contributed by atoms with Gasteiger partial charge < -0.3 is 5.32 Å². The Hall–Kier alpha value is -2.50. The number of aromatic nitrogens is 3. The topological polar surface area (TPSA) is 50.7 Å². The summed E-state index contributed by atoms with van der Waals surface area (Å²) in [5.74, 6) is 1.41. The van der Waals surface area contributed by atoms with E-state index in [0.29, 0.717) is 5.82 Å². The maximum atomic E-state index is 6.08. The largest absolute Gasteiger partial charge is 0.339 e. The summed E-state index contributed by atoms with van der Waals surface area (Å²) in [5.41, 5.74) is 2.80. The van der Waals surface area contributed by atoms with Gasteiger partial charge in [-0.2, -0.15) is 0 Å². The van der Waals surface area contributed by atoms with Gasteiger partial charge in [0.05, 0.1) is 5.39 Å². The first-order chi connectivity index (χ1) is 12.6. The van der Waals surface area contributed by atoms with Crippen molar-refractivity contribution >= 4 is 44.7 Å². The molecule has 1 aromatic carbocycles. The molecule has 0 bridgehead atoms. The van der Waals surface area contributed by atoms with E-state index in [1.807, 2.05) is 43.3 Å². The smallest absolute Gasteiger partial charge is 0.181 e. The molecule has 0 spiro atoms. The van der Waals surface area contributed by atoms with Crippen molar-refractivity contribution in [3.8, 4) is 11.5 Å². The summed E-state index contributed by atoms with van der Waals surface area (Å²) >= 11 is 7.78. The van der Waals surface area contributed by atoms with E-state index in [-0.39, 0.29) is 0 Å². The molecule has 130 valence electrons. The fourth-order valence-corrected chi connectivity index (χ4v) is 3.94. The molecule has 26 heavy (non-hydrogen) atoms. The first kappa shape index (κ1) is 16.9. The molecule has 0 fully saturated rings. The minimum absolute atomic E-state index is 0.622. The van der Waals surface area contributed by atoms with Gasteiger partial charge in [-0.3, -0.25) is 4.98 Å². The summed E-state index contributed by atoms with van der Waals surface area (Å²) in [6, 6.07) is 13.7. The molecule has 0 amide bonds. The van der Waals surface area contributed by atoms with Gasteiger partial charge >= 0.3 is 0 Å². The predicted octanol–water partition coefficient (Wildman–Crippen LogP) is 6.02. The highest BCUT2D eigenvalue weighted by atomic mass is 35.5. The van der Waals surface area contributed by atoms with Crippen LogP contribution in [0.15, 0.2) is 48.7 Å². The molecule has 0 radical (unpaired) electrons. The van der Waals surface area contributed by atoms with Crippen LogP contribution in [0.25, 0.3) is 21.7 Å². The van der Waals surface area contributed by atoms with Crippen molar-refractivity contribution in [1.82, 2.24) is 15.0 Å². The third kappa shape index (κ3) is 3.28. The molecule has 0 saturated carbocycles. The fraction of sp³-hybridized carbons (Fsp3) is 0.150. The van der Waals surface area contributed by atoms with Gasteiger partial charge in [-0.05, 0) is 55.3 Å². The number of nitrogens with zero attached hydrogens (tertiary/aromatic N) is 3. The maximum Gasteiger partial charge on any atom is 0.181 e. The molecule has 4 aromatic rings. The zero-order chi connectivity index (χ0) is 18.1. The van der Waals surface area contributed by atoms with Gasteiger partial charge in [0, 0.05) is 21.8 Å². The van der Waals surface area contributed by atoms with Crippen LogP contribution in [0.3, 0.4) is 0 Å². The van der Waals surface area contributed by atoms with Crippen LogP contribution in [0, 0.1) is 6.92 Å². The number of hydrogen-bond acceptors (Lipinski definition) is 5. The van der Waals surface area contributed by atoms with Crippen molar-refractivity contribution in [2.75, 3.05) is 5.32 Å². The van der Waals surface area contributed by atoms with Crippen molar-refractivity contribution in [3.05, 3.63) is 64.1 Å². The van der Waals surface area contributed by atoms with Gasteiger partial charge in [0.15, 0.2) is 5.82 Å². The highest BCUT2D eigenvalue weighted by molar-refractivity contribution is 7.18. The molecule has 0 aliphatic heterocycles. The van der Waals surface area contributed by atoms with Crippen LogP contribution < -0.4 is 5.32 Å². The lowest BCUT2D eigenvalue weighted by Gasteiger charge is -2.11. The molecule has 4 rings (SSSR count). The SMILES string of the molecule is CCc1cc2c(Nc3ccc(Cl)cc3C)nc(-c3ccccn3)nc2s1. The fourth-order valence-electron chi connectivity index (χ4n) is 2.75. The van der Waals surface area contributed by atoms with Gasteiger partial charge in [-0.1, -0.05) is 24.6 Å². The van der Waals surface area contributed by atoms with E-state index < -0.39 is 0 Å². The van der Waals surface area contributed by atoms with Crippen LogP contribution in [0.5, 0.6) is 0 Å². The first-order valence-corrected chi connectivity index (χ1v) is 9.58. The van der Waals surface area contributed by atoms with Crippen LogP contribution in [0.4, 0.5) is 11.5 Å². The molecule has 0 unspecified atom stereocenters. The molecule has 0 saturated heterocycles. The Morgan fingerprint density at radius 2 is 2.00 bits per heavy atom. The number of hydrogen-bond donors (Lipinski definition) is 1. The molecule has 1 N–H and O–H groups in total. The summed E-state index contributed by atoms with van der Waals surface area (Å²) in [6.45, 7) is 4.17. The number of aryl methyl sites for hydroxylation is 2. The van der Waals surface area contributed by atoms with Crippen molar-refractivity contribution in [3.63, 3.8) is 0 Å². The number of thiophene rings is 1. The van der Waals surface area contributed by atoms with Crippen molar-refractivity contribution < 1.29 is 0 Å². The predicted molar refractivity (Wildman–Crippen MR) is 109 cm³/mol. The number of halogens is 1. The minimum atomic E-state index is 0.622. The summed E-state index contributed by atoms with van der Waals surface area (Å²) in [5, 5.41) is 5.21. The highest BCUT2D eigenvalue weighted by Crippen LogP contribution is 2.33. The van der Waals surface area contributed by atoms with E-state index in [1.54, 1.807) is 17.5 Å². The third-order valence-electron chi connectivity index (χ3n) is 4.13. The lowest BCUT2D eigenvalue weighted by atomic mass is 10.2. The molecular formula is C20H17ClN4S. The molecular weight excluding hydrogens is 364 g/mol. The Morgan fingerprint density at radius 1 is 1.12 bits per heavy atom. The van der Waals surface area contributed by atoms with Gasteiger partial charge in [0.25, 0.3) is 0 Å². The second kappa shape index (κ2) is 7.02. The number of fused-ring (bicyclic) bond motifs is 1. The molecule has 0 aliphatic rings. The molecule has 0 aliphatic carbocycles. The van der Waals surface area contributed by atoms with Gasteiger partial charge in [-0.25, -0.2) is 9.97 Å². The maximum absolute atomic E-state index is 6.08. The average Bonchev–Trinajstić information content (AvgIpc) is 3.08. The Balaban J connectivity index is 1.87. The van der Waals surface area contributed by atoms with Crippen LogP contribution in [0.1, 0.15) is 17.4 Å². The monoisotopic (exact) mass is 380 g/mol. The molecule has 0 atom stereocenters. The lowest BCUT2D eigenvalue weighted by Crippen LogP contribution is -2.00. The highest BCUT2D eigenvalue weighted by Gasteiger charge is 2.14. The summed E-state index contributed by atoms with van der Waals surface area (Å²) < 4.78 is 0. The molecule has 6 heteroatoms. The Kier molecular flexibility index (Phi) is 4.57. The van der Waals surface area contributed by atoms with Gasteiger partial charge in [0.2, 0.25) is 0 Å². The molecule has 3 aromatic heterocycles. The normalized spacial score (nSPS) is 11.0. The number of pyridine rings is 1. The van der Waals surface area contributed by atoms with Crippen LogP contribution in [-0.2, 0) is 6.42 Å². The third-order valence-corrected chi connectivity index (χ3v) is 5.54. The van der Waals surface area contributed by atoms with E-state index in [4.69, 9.17) is 21.6 Å². The second-order valence-corrected chi connectivity index (χ2v) is 7.53. The van der Waals surface area contributed by atoms with Crippen molar-refractivity contribution in [2.45, 2.75) is 20.3 Å². The van der Waals surface area contributed by atoms with E-state index in [1.165, 1.54) is 4.88 Å². The number of rotatable bonds is 4. The van der Waals surface area contributed by atoms with E-state index in [2.05, 4.69) is 23.3 Å². The van der Waals surface area contributed by atoms with E-state index >= 15 is 0 Å². The average molecular weight is 381 g/mol. The summed E-state index contributed by atoms with van der Waals surface area (Å²) in [6.07, 6.45) is 2.73. The van der Waals surface area contributed by atoms with Crippen LogP contribution in [0.2, 0.25) is 5.02 Å². The quantitative estimate of drug-likeness (QED) is 0.470. The number of anilines is 2. The molecule has 3 heterocycles. The summed E-state index contributed by atoms with van der Waals surface area (Å²) in [7, 11) is 0. The number of nitrogens with one attached hydrogen (secondary N) is 1. The van der Waals surface area contributed by atoms with Gasteiger partial charge in [-0.15, -0.1) is 11.3 Å². The van der Waals surface area contributed by atoms with Crippen molar-refractivity contribution in [1.29, 1.82) is 0 Å². The van der Waals surface area contributed by atoms with Crippen LogP contribution in [-0.4, -0.2) is 15.0 Å². The lowest BCUT2D eigenvalue weighted by molar-refractivity contribution is 1.18. The molecule has 4 nitrogen and oxygen atoms in total. The zero-order valence-electron chi connectivity index (χ0n) is 14.5. The van der Waals surface area contributed by atoms with Crippen molar-refractivity contribution in [2.24, 2.45) is 0 Å². The van der Waals surface area contributed by atoms with Crippen LogP contribution >= 0.6 is 22.9 Å². The second-order valence-electron chi connectivity index (χ2n) is 5.98. The Bertz CT molecular complexity index is 1080. The Labute approximate surface area is 160 Å². The Morgan fingerprint density at radius 3 is 2.73 bits per heavy atom. The zero-order valence-corrected chi connectivity index (χ0v) is 16.0. The first-order valence-electron chi connectivity index (χ1n) is 8.39. The van der Waals surface area contributed by atoms with Gasteiger partial charge in [0.1, 0.15) is 16.3 Å². The number of benzene rings is 1. The minimum Gasteiger partial charge on any atom is -0.339 e.